The van der Waals surface area contributed by atoms with Crippen LogP contribution in [0.3, 0.4) is 0 Å². The molecule has 0 spiro atoms. The lowest BCUT2D eigenvalue weighted by molar-refractivity contribution is -0.126. The first-order valence-corrected chi connectivity index (χ1v) is 10.9. The molecule has 1 unspecified atom stereocenters. The standard InChI is InChI=1S/C19H20F5N3O3S/c1-2-3-4-16(19(22,23)24)25-26-18(28)17-11-9-14(21)15(10-11)27(17)31(29,30)13-7-5-12(20)6-8-13/h3-8,11,14-15,17H,2,9-10H2,1H3,(H,26,28)/b4-3-,25-16+/t11-,14?,15-,17-/m0/s1. The molecule has 1 aromatic carbocycles. The van der Waals surface area contributed by atoms with Crippen molar-refractivity contribution in [3.63, 3.8) is 0 Å². The van der Waals surface area contributed by atoms with Gasteiger partial charge in [-0.3, -0.25) is 4.79 Å². The number of nitrogens with one attached hydrogen (secondary N) is 1. The second-order valence-corrected chi connectivity index (χ2v) is 9.17. The molecule has 1 amide bonds. The van der Waals surface area contributed by atoms with Gasteiger partial charge in [-0.15, -0.1) is 0 Å². The third-order valence-corrected chi connectivity index (χ3v) is 7.20. The van der Waals surface area contributed by atoms with Crippen molar-refractivity contribution >= 4 is 21.6 Å². The van der Waals surface area contributed by atoms with Crippen LogP contribution in [0.4, 0.5) is 22.0 Å². The molecule has 1 heterocycles. The maximum Gasteiger partial charge on any atom is 0.435 e. The molecule has 1 aliphatic carbocycles. The highest BCUT2D eigenvalue weighted by atomic mass is 32.2. The summed E-state index contributed by atoms with van der Waals surface area (Å²) >= 11 is 0. The first-order chi connectivity index (χ1) is 14.5. The second-order valence-electron chi connectivity index (χ2n) is 7.33. The maximum absolute atomic E-state index is 14.3. The van der Waals surface area contributed by atoms with Gasteiger partial charge in [0.1, 0.15) is 18.0 Å². The molecule has 3 rings (SSSR count). The van der Waals surface area contributed by atoms with E-state index in [9.17, 15) is 35.2 Å². The summed E-state index contributed by atoms with van der Waals surface area (Å²) in [6.45, 7) is 1.61. The number of piperidine rings is 1. The molecule has 1 saturated carbocycles. The SMILES string of the molecule is CC/C=C\C(=N/NC(=O)[C@@H]1[C@H]2CC(F)[C@H](C2)N1S(=O)(=O)c1ccc(F)cc1)C(F)(F)F. The molecule has 1 aliphatic heterocycles. The van der Waals surface area contributed by atoms with Crippen molar-refractivity contribution in [2.75, 3.05) is 0 Å². The Hall–Kier alpha value is -2.34. The van der Waals surface area contributed by atoms with Gasteiger partial charge >= 0.3 is 6.18 Å². The quantitative estimate of drug-likeness (QED) is 0.398. The van der Waals surface area contributed by atoms with Gasteiger partial charge in [0.05, 0.1) is 10.9 Å². The van der Waals surface area contributed by atoms with E-state index in [1.807, 2.05) is 0 Å². The molecule has 31 heavy (non-hydrogen) atoms. The van der Waals surface area contributed by atoms with Crippen LogP contribution < -0.4 is 5.43 Å². The van der Waals surface area contributed by atoms with Crippen LogP contribution in [0.1, 0.15) is 26.2 Å². The zero-order chi connectivity index (χ0) is 23.0. The lowest BCUT2D eigenvalue weighted by Crippen LogP contribution is -2.54. The van der Waals surface area contributed by atoms with Gasteiger partial charge in [-0.1, -0.05) is 13.0 Å². The summed E-state index contributed by atoms with van der Waals surface area (Å²) in [5.41, 5.74) is 0.433. The van der Waals surface area contributed by atoms with Gasteiger partial charge in [0.25, 0.3) is 5.91 Å². The van der Waals surface area contributed by atoms with Crippen molar-refractivity contribution in [2.24, 2.45) is 11.0 Å². The highest BCUT2D eigenvalue weighted by Gasteiger charge is 2.59. The molecule has 2 bridgehead atoms. The van der Waals surface area contributed by atoms with E-state index >= 15 is 0 Å². The van der Waals surface area contributed by atoms with E-state index < -0.39 is 57.8 Å². The smallest absolute Gasteiger partial charge is 0.271 e. The van der Waals surface area contributed by atoms with Crippen molar-refractivity contribution in [2.45, 2.75) is 55.5 Å². The zero-order valence-corrected chi connectivity index (χ0v) is 17.1. The lowest BCUT2D eigenvalue weighted by atomic mass is 9.99. The molecule has 0 aromatic heterocycles. The van der Waals surface area contributed by atoms with Crippen LogP contribution >= 0.6 is 0 Å². The van der Waals surface area contributed by atoms with Gasteiger partial charge in [0.2, 0.25) is 10.0 Å². The van der Waals surface area contributed by atoms with Crippen LogP contribution in [0.25, 0.3) is 0 Å². The Balaban J connectivity index is 1.91. The van der Waals surface area contributed by atoms with Crippen molar-refractivity contribution < 1.29 is 35.2 Å². The zero-order valence-electron chi connectivity index (χ0n) is 16.3. The van der Waals surface area contributed by atoms with Crippen LogP contribution in [0.2, 0.25) is 0 Å². The van der Waals surface area contributed by atoms with E-state index in [1.165, 1.54) is 6.08 Å². The van der Waals surface area contributed by atoms with E-state index in [0.717, 1.165) is 24.3 Å². The number of hydrogen-bond donors (Lipinski definition) is 1. The van der Waals surface area contributed by atoms with Gasteiger partial charge < -0.3 is 0 Å². The van der Waals surface area contributed by atoms with Crippen molar-refractivity contribution in [3.8, 4) is 0 Å². The Bertz CT molecular complexity index is 992. The van der Waals surface area contributed by atoms with E-state index in [1.54, 1.807) is 12.3 Å². The fraction of sp³-hybridized carbons (Fsp3) is 0.474. The highest BCUT2D eigenvalue weighted by molar-refractivity contribution is 7.89. The number of benzene rings is 1. The number of allylic oxidation sites excluding steroid dienone is 2. The number of sulfonamides is 1. The van der Waals surface area contributed by atoms with E-state index in [2.05, 4.69) is 5.10 Å². The number of fused-ring (bicyclic) bond motifs is 2. The molecule has 2 fully saturated rings. The number of nitrogens with zero attached hydrogens (tertiary/aromatic N) is 2. The third-order valence-electron chi connectivity index (χ3n) is 5.28. The van der Waals surface area contributed by atoms with Gasteiger partial charge in [0.15, 0.2) is 5.71 Å². The van der Waals surface area contributed by atoms with Gasteiger partial charge in [-0.25, -0.2) is 22.6 Å². The molecular formula is C19H20F5N3O3S. The van der Waals surface area contributed by atoms with Crippen molar-refractivity contribution in [1.82, 2.24) is 9.73 Å². The average molecular weight is 465 g/mol. The molecular weight excluding hydrogens is 445 g/mol. The van der Waals surface area contributed by atoms with E-state index in [4.69, 9.17) is 0 Å². The Labute approximate surface area is 175 Å². The number of amides is 1. The van der Waals surface area contributed by atoms with E-state index in [-0.39, 0.29) is 17.7 Å². The number of carbonyl (C=O) groups is 1. The van der Waals surface area contributed by atoms with Crippen LogP contribution in [0, 0.1) is 11.7 Å². The monoisotopic (exact) mass is 465 g/mol. The Kier molecular flexibility index (Phi) is 6.51. The number of halogens is 5. The predicted molar refractivity (Wildman–Crippen MR) is 102 cm³/mol. The Morgan fingerprint density at radius 3 is 2.48 bits per heavy atom. The number of alkyl halides is 4. The average Bonchev–Trinajstić information content (AvgIpc) is 3.24. The molecule has 1 N–H and O–H groups in total. The fourth-order valence-electron chi connectivity index (χ4n) is 3.93. The molecule has 12 heteroatoms. The molecule has 1 saturated heterocycles. The minimum atomic E-state index is -4.84. The normalized spacial score (nSPS) is 27.2. The number of hydrazone groups is 1. The predicted octanol–water partition coefficient (Wildman–Crippen LogP) is 3.32. The topological polar surface area (TPSA) is 78.8 Å². The first kappa shape index (κ1) is 23.3. The molecule has 6 nitrogen and oxygen atoms in total. The van der Waals surface area contributed by atoms with Crippen LogP contribution in [0.5, 0.6) is 0 Å². The van der Waals surface area contributed by atoms with Gasteiger partial charge in [-0.05, 0) is 55.5 Å². The summed E-state index contributed by atoms with van der Waals surface area (Å²) in [6, 6.07) is 1.21. The summed E-state index contributed by atoms with van der Waals surface area (Å²) < 4.78 is 93.6. The highest BCUT2D eigenvalue weighted by Crippen LogP contribution is 2.46. The summed E-state index contributed by atoms with van der Waals surface area (Å²) in [5.74, 6) is -2.49. The van der Waals surface area contributed by atoms with Crippen LogP contribution in [-0.2, 0) is 14.8 Å². The number of hydrogen-bond acceptors (Lipinski definition) is 4. The van der Waals surface area contributed by atoms with Crippen molar-refractivity contribution in [1.29, 1.82) is 0 Å². The number of rotatable bonds is 6. The minimum Gasteiger partial charge on any atom is -0.271 e. The summed E-state index contributed by atoms with van der Waals surface area (Å²) in [4.78, 5) is 12.3. The second kappa shape index (κ2) is 8.65. The summed E-state index contributed by atoms with van der Waals surface area (Å²) in [7, 11) is -4.41. The maximum atomic E-state index is 14.3. The minimum absolute atomic E-state index is 0.0469. The van der Waals surface area contributed by atoms with Gasteiger partial charge in [-0.2, -0.15) is 22.6 Å². The third kappa shape index (κ3) is 4.64. The van der Waals surface area contributed by atoms with Crippen LogP contribution in [0.15, 0.2) is 46.4 Å². The van der Waals surface area contributed by atoms with Crippen molar-refractivity contribution in [3.05, 3.63) is 42.2 Å². The molecule has 0 radical (unpaired) electrons. The molecule has 1 aromatic rings. The first-order valence-electron chi connectivity index (χ1n) is 9.51. The Morgan fingerprint density at radius 2 is 1.90 bits per heavy atom. The molecule has 170 valence electrons. The lowest BCUT2D eigenvalue weighted by Gasteiger charge is -2.34. The van der Waals surface area contributed by atoms with E-state index in [0.29, 0.717) is 16.8 Å². The summed E-state index contributed by atoms with van der Waals surface area (Å²) in [6.07, 6.45) is -4.20. The van der Waals surface area contributed by atoms with Crippen LogP contribution in [-0.4, -0.2) is 48.8 Å². The Morgan fingerprint density at radius 1 is 1.26 bits per heavy atom. The largest absolute Gasteiger partial charge is 0.435 e. The summed E-state index contributed by atoms with van der Waals surface area (Å²) in [5, 5.41) is 3.12. The van der Waals surface area contributed by atoms with Gasteiger partial charge in [0, 0.05) is 0 Å². The number of carbonyl (C=O) groups excluding carboxylic acids is 1. The molecule has 4 atom stereocenters. The fourth-order valence-corrected chi connectivity index (χ4v) is 5.79. The molecule has 2 aliphatic rings.